The molecule has 1 fully saturated rings. The standard InChI is InChI=1S/C24H28F2O/c1-3-5-18-8-15-22(24(25)26)23(16-18)27-21-13-11-20(12-14-21)19-9-6-17(4-2)7-10-19/h4,8,11-17,19,24H,2-3,5-7,9-10H2,1H3. The molecular formula is C24H28F2O. The lowest BCUT2D eigenvalue weighted by Gasteiger charge is -2.27. The zero-order chi connectivity index (χ0) is 19.2. The first-order chi connectivity index (χ1) is 13.1. The van der Waals surface area contributed by atoms with Crippen molar-refractivity contribution in [3.63, 3.8) is 0 Å². The van der Waals surface area contributed by atoms with Crippen LogP contribution in [0, 0.1) is 5.92 Å². The molecule has 0 radical (unpaired) electrons. The van der Waals surface area contributed by atoms with Crippen LogP contribution < -0.4 is 4.74 Å². The minimum atomic E-state index is -2.55. The summed E-state index contributed by atoms with van der Waals surface area (Å²) in [5.74, 6) is 2.08. The van der Waals surface area contributed by atoms with Crippen molar-refractivity contribution in [2.75, 3.05) is 0 Å². The van der Waals surface area contributed by atoms with E-state index in [1.807, 2.05) is 12.1 Å². The molecule has 27 heavy (non-hydrogen) atoms. The Labute approximate surface area is 161 Å². The predicted molar refractivity (Wildman–Crippen MR) is 107 cm³/mol. The van der Waals surface area contributed by atoms with Crippen LogP contribution in [0.3, 0.4) is 0 Å². The Morgan fingerprint density at radius 1 is 1.07 bits per heavy atom. The molecule has 2 aromatic carbocycles. The fourth-order valence-corrected chi connectivity index (χ4v) is 3.91. The molecule has 1 saturated carbocycles. The van der Waals surface area contributed by atoms with E-state index in [2.05, 4.69) is 31.7 Å². The van der Waals surface area contributed by atoms with Crippen molar-refractivity contribution in [1.82, 2.24) is 0 Å². The van der Waals surface area contributed by atoms with E-state index >= 15 is 0 Å². The van der Waals surface area contributed by atoms with Crippen LogP contribution >= 0.6 is 0 Å². The second kappa shape index (κ2) is 9.16. The van der Waals surface area contributed by atoms with E-state index in [0.717, 1.165) is 18.4 Å². The van der Waals surface area contributed by atoms with Crippen molar-refractivity contribution in [3.05, 3.63) is 71.8 Å². The second-order valence-electron chi connectivity index (χ2n) is 7.44. The molecule has 0 aromatic heterocycles. The molecule has 0 unspecified atom stereocenters. The number of alkyl halides is 2. The van der Waals surface area contributed by atoms with Gasteiger partial charge >= 0.3 is 0 Å². The molecule has 144 valence electrons. The summed E-state index contributed by atoms with van der Waals surface area (Å²) in [7, 11) is 0. The van der Waals surface area contributed by atoms with Gasteiger partial charge in [-0.2, -0.15) is 0 Å². The molecule has 2 aromatic rings. The number of allylic oxidation sites excluding steroid dienone is 1. The highest BCUT2D eigenvalue weighted by Crippen LogP contribution is 2.38. The highest BCUT2D eigenvalue weighted by Gasteiger charge is 2.21. The summed E-state index contributed by atoms with van der Waals surface area (Å²) in [5.41, 5.74) is 2.27. The molecular weight excluding hydrogens is 342 g/mol. The molecule has 3 rings (SSSR count). The third-order valence-corrected chi connectivity index (χ3v) is 5.54. The molecule has 0 atom stereocenters. The van der Waals surface area contributed by atoms with Gasteiger partial charge in [0.25, 0.3) is 6.43 Å². The Bertz CT molecular complexity index is 743. The van der Waals surface area contributed by atoms with Crippen LogP contribution in [-0.2, 0) is 6.42 Å². The minimum absolute atomic E-state index is 0.0540. The van der Waals surface area contributed by atoms with Crippen molar-refractivity contribution >= 4 is 0 Å². The van der Waals surface area contributed by atoms with Crippen LogP contribution in [0.25, 0.3) is 0 Å². The van der Waals surface area contributed by atoms with Gasteiger partial charge in [-0.3, -0.25) is 0 Å². The van der Waals surface area contributed by atoms with Crippen LogP contribution in [0.2, 0.25) is 0 Å². The minimum Gasteiger partial charge on any atom is -0.457 e. The first kappa shape index (κ1) is 19.6. The Hall–Kier alpha value is -2.16. The third-order valence-electron chi connectivity index (χ3n) is 5.54. The number of hydrogen-bond donors (Lipinski definition) is 0. The quantitative estimate of drug-likeness (QED) is 0.451. The second-order valence-corrected chi connectivity index (χ2v) is 7.44. The van der Waals surface area contributed by atoms with Gasteiger partial charge in [0, 0.05) is 0 Å². The zero-order valence-electron chi connectivity index (χ0n) is 16.0. The SMILES string of the molecule is C=CC1CCC(c2ccc(Oc3cc(CCC)ccc3C(F)F)cc2)CC1. The predicted octanol–water partition coefficient (Wildman–Crippen LogP) is 7.83. The number of halogens is 2. The summed E-state index contributed by atoms with van der Waals surface area (Å²) < 4.78 is 32.5. The number of rotatable bonds is 7. The average molecular weight is 370 g/mol. The van der Waals surface area contributed by atoms with Gasteiger partial charge in [0.1, 0.15) is 11.5 Å². The molecule has 0 heterocycles. The van der Waals surface area contributed by atoms with Crippen LogP contribution in [-0.4, -0.2) is 0 Å². The smallest absolute Gasteiger partial charge is 0.267 e. The molecule has 1 nitrogen and oxygen atoms in total. The summed E-state index contributed by atoms with van der Waals surface area (Å²) in [4.78, 5) is 0. The number of hydrogen-bond acceptors (Lipinski definition) is 1. The molecule has 1 aliphatic rings. The lowest BCUT2D eigenvalue weighted by Crippen LogP contribution is -2.11. The Morgan fingerprint density at radius 3 is 2.37 bits per heavy atom. The van der Waals surface area contributed by atoms with Gasteiger partial charge in [-0.15, -0.1) is 6.58 Å². The summed E-state index contributed by atoms with van der Waals surface area (Å²) in [6.07, 6.45) is 6.07. The van der Waals surface area contributed by atoms with Crippen molar-refractivity contribution in [3.8, 4) is 11.5 Å². The summed E-state index contributed by atoms with van der Waals surface area (Å²) in [5, 5.41) is 0. The van der Waals surface area contributed by atoms with Crippen LogP contribution in [0.15, 0.2) is 55.1 Å². The average Bonchev–Trinajstić information content (AvgIpc) is 2.69. The van der Waals surface area contributed by atoms with Gasteiger partial charge in [0.05, 0.1) is 5.56 Å². The molecule has 0 amide bonds. The lowest BCUT2D eigenvalue weighted by molar-refractivity contribution is 0.148. The topological polar surface area (TPSA) is 9.23 Å². The molecule has 0 aliphatic heterocycles. The van der Waals surface area contributed by atoms with E-state index < -0.39 is 6.43 Å². The maximum atomic E-state index is 13.3. The summed E-state index contributed by atoms with van der Waals surface area (Å²) >= 11 is 0. The maximum Gasteiger partial charge on any atom is 0.267 e. The van der Waals surface area contributed by atoms with Gasteiger partial charge in [-0.25, -0.2) is 8.78 Å². The monoisotopic (exact) mass is 370 g/mol. The fraction of sp³-hybridized carbons (Fsp3) is 0.417. The van der Waals surface area contributed by atoms with Crippen LogP contribution in [0.1, 0.15) is 68.1 Å². The Morgan fingerprint density at radius 2 is 1.78 bits per heavy atom. The molecule has 0 bridgehead atoms. The zero-order valence-corrected chi connectivity index (χ0v) is 16.0. The summed E-state index contributed by atoms with van der Waals surface area (Å²) in [6.45, 7) is 5.97. The Balaban J connectivity index is 1.73. The van der Waals surface area contributed by atoms with Gasteiger partial charge in [0.2, 0.25) is 0 Å². The van der Waals surface area contributed by atoms with E-state index in [0.29, 0.717) is 17.6 Å². The fourth-order valence-electron chi connectivity index (χ4n) is 3.91. The Kier molecular flexibility index (Phi) is 6.65. The molecule has 1 aliphatic carbocycles. The first-order valence-electron chi connectivity index (χ1n) is 9.92. The van der Waals surface area contributed by atoms with Crippen LogP contribution in [0.4, 0.5) is 8.78 Å². The van der Waals surface area contributed by atoms with E-state index in [-0.39, 0.29) is 11.3 Å². The van der Waals surface area contributed by atoms with Gasteiger partial charge in [-0.1, -0.05) is 37.6 Å². The third kappa shape index (κ3) is 4.97. The largest absolute Gasteiger partial charge is 0.457 e. The maximum absolute atomic E-state index is 13.3. The highest BCUT2D eigenvalue weighted by molar-refractivity contribution is 5.42. The van der Waals surface area contributed by atoms with Crippen molar-refractivity contribution < 1.29 is 13.5 Å². The van der Waals surface area contributed by atoms with Crippen molar-refractivity contribution in [2.45, 2.75) is 57.8 Å². The number of benzene rings is 2. The lowest BCUT2D eigenvalue weighted by atomic mass is 9.79. The van der Waals surface area contributed by atoms with Crippen LogP contribution in [0.5, 0.6) is 11.5 Å². The number of ether oxygens (including phenoxy) is 1. The molecule has 3 heteroatoms. The normalized spacial score (nSPS) is 19.9. The number of aryl methyl sites for hydroxylation is 1. The van der Waals surface area contributed by atoms with Crippen molar-refractivity contribution in [1.29, 1.82) is 0 Å². The van der Waals surface area contributed by atoms with Gasteiger partial charge < -0.3 is 4.74 Å². The van der Waals surface area contributed by atoms with E-state index in [4.69, 9.17) is 4.74 Å². The first-order valence-corrected chi connectivity index (χ1v) is 9.92. The van der Waals surface area contributed by atoms with E-state index in [1.54, 1.807) is 12.1 Å². The van der Waals surface area contributed by atoms with E-state index in [1.165, 1.54) is 37.3 Å². The summed E-state index contributed by atoms with van der Waals surface area (Å²) in [6, 6.07) is 12.9. The van der Waals surface area contributed by atoms with Crippen molar-refractivity contribution in [2.24, 2.45) is 5.92 Å². The van der Waals surface area contributed by atoms with Gasteiger partial charge in [0.15, 0.2) is 0 Å². The highest BCUT2D eigenvalue weighted by atomic mass is 19.3. The molecule has 0 saturated heterocycles. The van der Waals surface area contributed by atoms with E-state index in [9.17, 15) is 8.78 Å². The molecule has 0 N–H and O–H groups in total. The molecule has 0 spiro atoms. The van der Waals surface area contributed by atoms with Gasteiger partial charge in [-0.05, 0) is 79.3 Å².